The van der Waals surface area contributed by atoms with Gasteiger partial charge in [-0.25, -0.2) is 4.79 Å². The fraction of sp³-hybridized carbons (Fsp3) is 0.483. The van der Waals surface area contributed by atoms with Crippen molar-refractivity contribution in [1.29, 1.82) is 0 Å². The summed E-state index contributed by atoms with van der Waals surface area (Å²) < 4.78 is 32.9. The number of ether oxygens (including phenoxy) is 6. The molecule has 2 rings (SSSR count). The van der Waals surface area contributed by atoms with Gasteiger partial charge in [-0.2, -0.15) is 0 Å². The Labute approximate surface area is 219 Å². The van der Waals surface area contributed by atoms with E-state index in [-0.39, 0.29) is 26.4 Å². The summed E-state index contributed by atoms with van der Waals surface area (Å²) in [7, 11) is 0. The summed E-state index contributed by atoms with van der Waals surface area (Å²) in [6.07, 6.45) is -2.44. The molecule has 0 aliphatic rings. The summed E-state index contributed by atoms with van der Waals surface area (Å²) >= 11 is 0. The predicted molar refractivity (Wildman–Crippen MR) is 139 cm³/mol. The minimum Gasteiger partial charge on any atom is -0.454 e. The Morgan fingerprint density at radius 3 is 1.92 bits per heavy atom. The first-order chi connectivity index (χ1) is 17.9. The lowest BCUT2D eigenvalue weighted by Crippen LogP contribution is -2.33. The first-order valence-corrected chi connectivity index (χ1v) is 12.5. The van der Waals surface area contributed by atoms with Crippen molar-refractivity contribution in [2.75, 3.05) is 39.6 Å². The number of aliphatic hydroxyl groups excluding tert-OH is 1. The zero-order valence-electron chi connectivity index (χ0n) is 22.1. The molecule has 0 amide bonds. The first kappa shape index (κ1) is 30.5. The van der Waals surface area contributed by atoms with Crippen LogP contribution in [0.3, 0.4) is 0 Å². The average molecular weight is 515 g/mol. The van der Waals surface area contributed by atoms with Crippen LogP contribution in [0.2, 0.25) is 0 Å². The molecule has 0 aliphatic carbocycles. The largest absolute Gasteiger partial charge is 0.454 e. The van der Waals surface area contributed by atoms with Crippen LogP contribution < -0.4 is 0 Å². The molecule has 0 heterocycles. The van der Waals surface area contributed by atoms with Gasteiger partial charge < -0.3 is 33.5 Å². The molecule has 8 heteroatoms. The van der Waals surface area contributed by atoms with Crippen LogP contribution in [-0.2, 0) is 28.4 Å². The molecule has 0 bridgehead atoms. The molecular formula is C29H38O8. The Morgan fingerprint density at radius 2 is 1.32 bits per heavy atom. The van der Waals surface area contributed by atoms with Crippen molar-refractivity contribution in [2.24, 2.45) is 0 Å². The van der Waals surface area contributed by atoms with Crippen molar-refractivity contribution in [3.63, 3.8) is 0 Å². The lowest BCUT2D eigenvalue weighted by molar-refractivity contribution is -0.159. The number of esters is 1. The maximum absolute atomic E-state index is 12.8. The van der Waals surface area contributed by atoms with Crippen molar-refractivity contribution in [3.8, 4) is 11.8 Å². The van der Waals surface area contributed by atoms with E-state index in [1.54, 1.807) is 38.1 Å². The summed E-state index contributed by atoms with van der Waals surface area (Å²) in [5.41, 5.74) is 2.08. The van der Waals surface area contributed by atoms with Crippen LogP contribution in [0.1, 0.15) is 49.2 Å². The van der Waals surface area contributed by atoms with E-state index in [2.05, 4.69) is 11.8 Å². The second kappa shape index (κ2) is 17.6. The van der Waals surface area contributed by atoms with E-state index < -0.39 is 30.8 Å². The zero-order chi connectivity index (χ0) is 26.9. The highest BCUT2D eigenvalue weighted by Crippen LogP contribution is 2.09. The molecule has 0 saturated carbocycles. The number of hydrogen-bond acceptors (Lipinski definition) is 8. The Hall–Kier alpha value is -2.77. The van der Waals surface area contributed by atoms with Gasteiger partial charge >= 0.3 is 5.97 Å². The van der Waals surface area contributed by atoms with Gasteiger partial charge in [0.25, 0.3) is 0 Å². The lowest BCUT2D eigenvalue weighted by atomic mass is 10.1. The summed E-state index contributed by atoms with van der Waals surface area (Å²) in [6.45, 7) is 8.42. The average Bonchev–Trinajstić information content (AvgIpc) is 2.90. The smallest absolute Gasteiger partial charge is 0.338 e. The van der Waals surface area contributed by atoms with Gasteiger partial charge in [-0.1, -0.05) is 30.0 Å². The van der Waals surface area contributed by atoms with Gasteiger partial charge in [0.05, 0.1) is 32.0 Å². The summed E-state index contributed by atoms with van der Waals surface area (Å²) in [5, 5.41) is 10.1. The van der Waals surface area contributed by atoms with Gasteiger partial charge in [0, 0.05) is 24.3 Å². The van der Waals surface area contributed by atoms with E-state index in [0.717, 1.165) is 11.1 Å². The van der Waals surface area contributed by atoms with Gasteiger partial charge in [-0.3, -0.25) is 0 Å². The van der Waals surface area contributed by atoms with E-state index in [9.17, 15) is 9.90 Å². The van der Waals surface area contributed by atoms with Crippen molar-refractivity contribution in [2.45, 2.75) is 52.5 Å². The van der Waals surface area contributed by atoms with Crippen molar-refractivity contribution >= 4 is 5.97 Å². The third-order valence-electron chi connectivity index (χ3n) is 4.98. The molecule has 2 aromatic carbocycles. The minimum absolute atomic E-state index is 0.00267. The van der Waals surface area contributed by atoms with Gasteiger partial charge in [0.15, 0.2) is 12.6 Å². The second-order valence-corrected chi connectivity index (χ2v) is 8.12. The number of aliphatic hydroxyl groups is 1. The Kier molecular flexibility index (Phi) is 14.5. The molecular weight excluding hydrogens is 476 g/mol. The highest BCUT2D eigenvalue weighted by Gasteiger charge is 2.19. The summed E-state index contributed by atoms with van der Waals surface area (Å²) in [5.74, 6) is 5.65. The SMILES string of the molecule is CCOC(C)OCC(O)COCC(COC(C)OCC)OC(=O)c1ccc(C#Cc2ccccc2)cc1. The highest BCUT2D eigenvalue weighted by atomic mass is 16.7. The summed E-state index contributed by atoms with van der Waals surface area (Å²) in [4.78, 5) is 12.8. The van der Waals surface area contributed by atoms with Gasteiger partial charge in [-0.05, 0) is 64.1 Å². The Bertz CT molecular complexity index is 951. The maximum atomic E-state index is 12.8. The van der Waals surface area contributed by atoms with Crippen LogP contribution in [0.4, 0.5) is 0 Å². The second-order valence-electron chi connectivity index (χ2n) is 8.12. The number of benzene rings is 2. The minimum atomic E-state index is -0.855. The molecule has 4 atom stereocenters. The number of carbonyl (C=O) groups is 1. The fourth-order valence-electron chi connectivity index (χ4n) is 3.13. The number of hydrogen-bond donors (Lipinski definition) is 1. The van der Waals surface area contributed by atoms with Crippen LogP contribution in [0.5, 0.6) is 0 Å². The number of carbonyl (C=O) groups excluding carboxylic acids is 1. The molecule has 0 saturated heterocycles. The van der Waals surface area contributed by atoms with Crippen LogP contribution in [-0.4, -0.2) is 75.5 Å². The standard InChI is InChI=1S/C29H38O8/c1-5-33-22(3)35-19-27(30)18-32-20-28(21-36-23(4)34-6-2)37-29(31)26-16-14-25(15-17-26)13-12-24-10-8-7-9-11-24/h7-11,14-17,22-23,27-28,30H,5-6,18-21H2,1-4H3. The van der Waals surface area contributed by atoms with E-state index >= 15 is 0 Å². The van der Waals surface area contributed by atoms with Gasteiger partial charge in [0.2, 0.25) is 0 Å². The first-order valence-electron chi connectivity index (χ1n) is 12.5. The molecule has 2 aromatic rings. The summed E-state index contributed by atoms with van der Waals surface area (Å²) in [6, 6.07) is 16.5. The lowest BCUT2D eigenvalue weighted by Gasteiger charge is -2.22. The van der Waals surface area contributed by atoms with E-state index in [1.165, 1.54) is 0 Å². The zero-order valence-corrected chi connectivity index (χ0v) is 22.1. The third kappa shape index (κ3) is 12.8. The molecule has 202 valence electrons. The van der Waals surface area contributed by atoms with Crippen molar-refractivity contribution in [3.05, 3.63) is 71.3 Å². The molecule has 1 N–H and O–H groups in total. The van der Waals surface area contributed by atoms with Crippen LogP contribution in [0, 0.1) is 11.8 Å². The normalized spacial score (nSPS) is 14.2. The topological polar surface area (TPSA) is 92.7 Å². The van der Waals surface area contributed by atoms with Crippen LogP contribution in [0.15, 0.2) is 54.6 Å². The number of rotatable bonds is 16. The molecule has 37 heavy (non-hydrogen) atoms. The van der Waals surface area contributed by atoms with E-state index in [4.69, 9.17) is 28.4 Å². The van der Waals surface area contributed by atoms with E-state index in [1.807, 2.05) is 44.2 Å². The molecule has 0 aromatic heterocycles. The molecule has 8 nitrogen and oxygen atoms in total. The molecule has 0 aliphatic heterocycles. The van der Waals surface area contributed by atoms with Gasteiger partial charge in [0.1, 0.15) is 12.2 Å². The van der Waals surface area contributed by atoms with Crippen molar-refractivity contribution in [1.82, 2.24) is 0 Å². The third-order valence-corrected chi connectivity index (χ3v) is 4.98. The van der Waals surface area contributed by atoms with E-state index in [0.29, 0.717) is 18.8 Å². The van der Waals surface area contributed by atoms with Gasteiger partial charge in [-0.15, -0.1) is 0 Å². The Morgan fingerprint density at radius 1 is 0.757 bits per heavy atom. The maximum Gasteiger partial charge on any atom is 0.338 e. The predicted octanol–water partition coefficient (Wildman–Crippen LogP) is 3.79. The molecule has 0 fully saturated rings. The Balaban J connectivity index is 1.91. The quantitative estimate of drug-likeness (QED) is 0.206. The monoisotopic (exact) mass is 514 g/mol. The molecule has 0 radical (unpaired) electrons. The molecule has 0 spiro atoms. The van der Waals surface area contributed by atoms with Crippen molar-refractivity contribution < 1.29 is 38.3 Å². The molecule has 4 unspecified atom stereocenters. The van der Waals surface area contributed by atoms with Crippen LogP contribution >= 0.6 is 0 Å². The highest BCUT2D eigenvalue weighted by molar-refractivity contribution is 5.89. The van der Waals surface area contributed by atoms with Crippen LogP contribution in [0.25, 0.3) is 0 Å². The fourth-order valence-corrected chi connectivity index (χ4v) is 3.13.